The maximum atomic E-state index is 11.1. The second kappa shape index (κ2) is 8.23. The quantitative estimate of drug-likeness (QED) is 0.489. The Morgan fingerprint density at radius 2 is 2.14 bits per heavy atom. The number of nitrogens with one attached hydrogen (secondary N) is 1. The number of hydrogen-bond acceptors (Lipinski definition) is 6. The molecule has 1 aromatic heterocycles. The van der Waals surface area contributed by atoms with Gasteiger partial charge in [-0.1, -0.05) is 42.1 Å². The highest BCUT2D eigenvalue weighted by Crippen LogP contribution is 2.56. The van der Waals surface area contributed by atoms with E-state index in [4.69, 9.17) is 14.9 Å². The first-order valence-electron chi connectivity index (χ1n) is 9.41. The summed E-state index contributed by atoms with van der Waals surface area (Å²) in [6.07, 6.45) is 7.41. The Morgan fingerprint density at radius 1 is 1.34 bits per heavy atom. The first-order valence-corrected chi connectivity index (χ1v) is 11.9. The van der Waals surface area contributed by atoms with Crippen molar-refractivity contribution in [2.24, 2.45) is 4.99 Å². The molecule has 29 heavy (non-hydrogen) atoms. The topological polar surface area (TPSA) is 105 Å². The van der Waals surface area contributed by atoms with Crippen LogP contribution < -0.4 is 5.41 Å². The van der Waals surface area contributed by atoms with Crippen LogP contribution in [0.25, 0.3) is 0 Å². The zero-order chi connectivity index (χ0) is 20.5. The number of aliphatic imine (C=N–C) groups is 1. The molecule has 2 aliphatic rings. The summed E-state index contributed by atoms with van der Waals surface area (Å²) in [7, 11) is 0. The van der Waals surface area contributed by atoms with Crippen molar-refractivity contribution >= 4 is 33.7 Å². The molecule has 0 bridgehead atoms. The van der Waals surface area contributed by atoms with Crippen LogP contribution in [-0.4, -0.2) is 49.5 Å². The van der Waals surface area contributed by atoms with E-state index in [1.165, 1.54) is 23.5 Å². The third-order valence-electron chi connectivity index (χ3n) is 5.32. The van der Waals surface area contributed by atoms with Gasteiger partial charge in [0.2, 0.25) is 5.79 Å². The maximum absolute atomic E-state index is 11.1. The normalized spacial score (nSPS) is 28.8. The molecular weight excluding hydrogens is 408 g/mol. The molecule has 0 amide bonds. The summed E-state index contributed by atoms with van der Waals surface area (Å²) in [6.45, 7) is 0.546. The maximum Gasteiger partial charge on any atom is 0.351 e. The van der Waals surface area contributed by atoms with Gasteiger partial charge in [0.25, 0.3) is 5.04 Å². The van der Waals surface area contributed by atoms with Gasteiger partial charge in [-0.15, -0.1) is 0 Å². The molecule has 2 fully saturated rings. The summed E-state index contributed by atoms with van der Waals surface area (Å²) in [5.74, 6) is -0.830. The molecule has 1 aliphatic carbocycles. The second-order valence-corrected chi connectivity index (χ2v) is 8.87. The molecule has 1 saturated carbocycles. The number of imidazole rings is 1. The minimum absolute atomic E-state index is 0.00146. The first-order chi connectivity index (χ1) is 14.0. The van der Waals surface area contributed by atoms with Gasteiger partial charge in [-0.25, -0.2) is 4.98 Å². The van der Waals surface area contributed by atoms with E-state index in [2.05, 4.69) is 15.0 Å². The highest BCUT2D eigenvalue weighted by Gasteiger charge is 2.65. The largest absolute Gasteiger partial charge is 0.370 e. The highest BCUT2D eigenvalue weighted by atomic mass is 32.2. The van der Waals surface area contributed by atoms with Crippen molar-refractivity contribution in [3.8, 4) is 0 Å². The van der Waals surface area contributed by atoms with Gasteiger partial charge in [-0.2, -0.15) is 0 Å². The van der Waals surface area contributed by atoms with E-state index in [0.29, 0.717) is 34.8 Å². The number of benzene rings is 1. The molecule has 2 unspecified atom stereocenters. The van der Waals surface area contributed by atoms with Gasteiger partial charge < -0.3 is 19.6 Å². The minimum atomic E-state index is -1.39. The van der Waals surface area contributed by atoms with Crippen LogP contribution in [0.1, 0.15) is 36.3 Å². The number of ether oxygens (including phenoxy) is 2. The van der Waals surface area contributed by atoms with Crippen LogP contribution in [0, 0.1) is 0 Å². The van der Waals surface area contributed by atoms with Crippen molar-refractivity contribution in [3.05, 3.63) is 53.6 Å². The zero-order valence-electron chi connectivity index (χ0n) is 16.4. The molecule has 7 nitrogen and oxygen atoms in total. The van der Waals surface area contributed by atoms with E-state index in [0.717, 1.165) is 18.4 Å². The van der Waals surface area contributed by atoms with E-state index in [9.17, 15) is 5.11 Å². The summed E-state index contributed by atoms with van der Waals surface area (Å²) in [6, 6.07) is 10.1. The minimum Gasteiger partial charge on any atom is -0.370 e. The molecule has 1 spiro atoms. The van der Waals surface area contributed by atoms with E-state index in [-0.39, 0.29) is 6.10 Å². The number of amidine groups is 1. The van der Waals surface area contributed by atoms with Crippen LogP contribution in [-0.2, 0) is 21.9 Å². The number of nitrogens with two attached hydrogens (primary N) is 1. The molecule has 154 valence electrons. The second-order valence-electron chi connectivity index (χ2n) is 7.25. The van der Waals surface area contributed by atoms with Crippen molar-refractivity contribution < 1.29 is 20.0 Å². The summed E-state index contributed by atoms with van der Waals surface area (Å²) >= 11 is 2.81. The SMILES string of the molecule is CSC(=[NH2+])N=C(SC)c1ncc([C@@]2(O)CCC3(CC3OCc3ccccc3)O2)[nH]1. The van der Waals surface area contributed by atoms with Gasteiger partial charge in [-0.05, 0) is 41.3 Å². The smallest absolute Gasteiger partial charge is 0.351 e. The van der Waals surface area contributed by atoms with Crippen molar-refractivity contribution in [1.82, 2.24) is 9.97 Å². The Kier molecular flexibility index (Phi) is 5.85. The summed E-state index contributed by atoms with van der Waals surface area (Å²) in [5.41, 5.74) is 1.25. The lowest BCUT2D eigenvalue weighted by Crippen LogP contribution is -2.36. The third-order valence-corrected chi connectivity index (χ3v) is 6.51. The molecule has 0 radical (unpaired) electrons. The van der Waals surface area contributed by atoms with Crippen molar-refractivity contribution in [2.75, 3.05) is 12.5 Å². The summed E-state index contributed by atoms with van der Waals surface area (Å²) in [5, 5.41) is 18.0. The molecule has 1 aliphatic heterocycles. The standard InChI is InChI=1S/C20H24N4O3S2/c1-28-17(24-18(21)29-2)16-22-11-14(23-16)20(25)9-8-19(27-20)10-15(19)26-12-13-6-4-3-5-7-13/h3-7,11,15,21,25H,8-10,12H2,1-2H3,(H,22,23)/p+1/t15?,19?,20-/m1/s1. The predicted octanol–water partition coefficient (Wildman–Crippen LogP) is 1.68. The van der Waals surface area contributed by atoms with Crippen molar-refractivity contribution in [3.63, 3.8) is 0 Å². The molecule has 9 heteroatoms. The van der Waals surface area contributed by atoms with E-state index >= 15 is 0 Å². The van der Waals surface area contributed by atoms with Crippen LogP contribution in [0.5, 0.6) is 0 Å². The number of aliphatic hydroxyl groups is 1. The Bertz CT molecular complexity index is 919. The van der Waals surface area contributed by atoms with Crippen molar-refractivity contribution in [2.45, 2.75) is 43.4 Å². The molecule has 2 heterocycles. The lowest BCUT2D eigenvalue weighted by molar-refractivity contribution is -0.217. The lowest BCUT2D eigenvalue weighted by Gasteiger charge is -2.22. The van der Waals surface area contributed by atoms with E-state index < -0.39 is 11.4 Å². The van der Waals surface area contributed by atoms with Crippen LogP contribution >= 0.6 is 23.5 Å². The third kappa shape index (κ3) is 4.29. The average molecular weight is 434 g/mol. The molecule has 1 saturated heterocycles. The Labute approximate surface area is 178 Å². The van der Waals surface area contributed by atoms with Crippen LogP contribution in [0.2, 0.25) is 0 Å². The first kappa shape index (κ1) is 20.6. The lowest BCUT2D eigenvalue weighted by atomic mass is 10.1. The van der Waals surface area contributed by atoms with Crippen LogP contribution in [0.3, 0.4) is 0 Å². The fourth-order valence-corrected chi connectivity index (χ4v) is 4.31. The van der Waals surface area contributed by atoms with Gasteiger partial charge in [0.1, 0.15) is 5.60 Å². The van der Waals surface area contributed by atoms with Gasteiger partial charge >= 0.3 is 5.17 Å². The van der Waals surface area contributed by atoms with Gasteiger partial charge in [0, 0.05) is 12.8 Å². The number of rotatable bonds is 5. The Balaban J connectivity index is 1.41. The number of aromatic nitrogens is 2. The Hall–Kier alpha value is -1.65. The average Bonchev–Trinajstić information content (AvgIpc) is 3.06. The fraction of sp³-hybridized carbons (Fsp3) is 0.450. The molecule has 1 aromatic carbocycles. The number of hydrogen-bond donors (Lipinski definition) is 3. The predicted molar refractivity (Wildman–Crippen MR) is 116 cm³/mol. The molecular formula is C20H25N4O3S2+. The van der Waals surface area contributed by atoms with E-state index in [1.807, 2.05) is 42.8 Å². The number of thioether (sulfide) groups is 2. The summed E-state index contributed by atoms with van der Waals surface area (Å²) < 4.78 is 12.2. The summed E-state index contributed by atoms with van der Waals surface area (Å²) in [4.78, 5) is 11.9. The van der Waals surface area contributed by atoms with Gasteiger partial charge in [0.05, 0.1) is 24.6 Å². The zero-order valence-corrected chi connectivity index (χ0v) is 18.1. The molecule has 2 aromatic rings. The molecule has 4 N–H and O–H groups in total. The van der Waals surface area contributed by atoms with Crippen molar-refractivity contribution in [1.29, 1.82) is 0 Å². The van der Waals surface area contributed by atoms with Crippen LogP contribution in [0.15, 0.2) is 41.5 Å². The monoisotopic (exact) mass is 433 g/mol. The number of H-pyrrole nitrogens is 1. The van der Waals surface area contributed by atoms with Gasteiger partial charge in [0.15, 0.2) is 5.82 Å². The van der Waals surface area contributed by atoms with Gasteiger partial charge in [-0.3, -0.25) is 5.41 Å². The number of aromatic amines is 1. The Morgan fingerprint density at radius 3 is 2.86 bits per heavy atom. The highest BCUT2D eigenvalue weighted by molar-refractivity contribution is 8.15. The number of nitrogens with zero attached hydrogens (tertiary/aromatic N) is 2. The van der Waals surface area contributed by atoms with Crippen LogP contribution in [0.4, 0.5) is 0 Å². The fourth-order valence-electron chi connectivity index (χ4n) is 3.59. The molecule has 3 atom stereocenters. The molecule has 4 rings (SSSR count). The van der Waals surface area contributed by atoms with E-state index in [1.54, 1.807) is 6.20 Å².